The fourth-order valence-electron chi connectivity index (χ4n) is 2.58. The molecule has 0 radical (unpaired) electrons. The van der Waals surface area contributed by atoms with Crippen LogP contribution in [0.15, 0.2) is 46.3 Å². The summed E-state index contributed by atoms with van der Waals surface area (Å²) in [5, 5.41) is 1.98. The molecular weight excluding hydrogens is 266 g/mol. The van der Waals surface area contributed by atoms with E-state index in [-0.39, 0.29) is 0 Å². The highest BCUT2D eigenvalue weighted by atomic mass is 32.2. The number of allylic oxidation sites excluding steroid dienone is 1. The van der Waals surface area contributed by atoms with E-state index in [1.165, 1.54) is 37.8 Å². The summed E-state index contributed by atoms with van der Waals surface area (Å²) in [7, 11) is -1.02. The number of nitrogens with zero attached hydrogens (tertiary/aromatic N) is 1. The normalized spacial score (nSPS) is 18.1. The van der Waals surface area contributed by atoms with E-state index in [4.69, 9.17) is 0 Å². The Kier molecular flexibility index (Phi) is 6.31. The van der Waals surface area contributed by atoms with Crippen molar-refractivity contribution < 1.29 is 4.21 Å². The summed E-state index contributed by atoms with van der Waals surface area (Å²) in [6.07, 6.45) is 7.27. The molecule has 1 saturated heterocycles. The average Bonchev–Trinajstić information content (AvgIpc) is 2.53. The summed E-state index contributed by atoms with van der Waals surface area (Å²) in [5.74, 6) is 0. The first kappa shape index (κ1) is 15.3. The summed E-state index contributed by atoms with van der Waals surface area (Å²) in [6, 6.07) is 9.76. The molecule has 0 spiro atoms. The minimum absolute atomic E-state index is 0.901. The van der Waals surface area contributed by atoms with Gasteiger partial charge in [0.05, 0.1) is 10.8 Å². The second-order valence-electron chi connectivity index (χ2n) is 5.37. The highest BCUT2D eigenvalue weighted by Crippen LogP contribution is 2.21. The molecule has 1 fully saturated rings. The lowest BCUT2D eigenvalue weighted by molar-refractivity contribution is 0.276. The van der Waals surface area contributed by atoms with Gasteiger partial charge in [-0.15, -0.1) is 0 Å². The van der Waals surface area contributed by atoms with Gasteiger partial charge in [0, 0.05) is 29.1 Å². The van der Waals surface area contributed by atoms with Crippen LogP contribution in [-0.4, -0.2) is 22.2 Å². The molecule has 2 nitrogen and oxygen atoms in total. The van der Waals surface area contributed by atoms with Crippen molar-refractivity contribution in [3.05, 3.63) is 41.4 Å². The van der Waals surface area contributed by atoms with Gasteiger partial charge in [-0.1, -0.05) is 31.5 Å². The maximum atomic E-state index is 12.5. The van der Waals surface area contributed by atoms with Crippen molar-refractivity contribution in [2.75, 3.05) is 13.1 Å². The third-order valence-corrected chi connectivity index (χ3v) is 4.99. The van der Waals surface area contributed by atoms with Crippen LogP contribution in [0.1, 0.15) is 45.4 Å². The highest BCUT2D eigenvalue weighted by molar-refractivity contribution is 7.88. The predicted molar refractivity (Wildman–Crippen MR) is 85.9 cm³/mol. The molecule has 1 unspecified atom stereocenters. The highest BCUT2D eigenvalue weighted by Gasteiger charge is 2.14. The van der Waals surface area contributed by atoms with E-state index >= 15 is 0 Å². The van der Waals surface area contributed by atoms with E-state index in [9.17, 15) is 4.21 Å². The van der Waals surface area contributed by atoms with Crippen LogP contribution >= 0.6 is 0 Å². The Balaban J connectivity index is 2.12. The summed E-state index contributed by atoms with van der Waals surface area (Å²) in [5.41, 5.74) is 1.29. The van der Waals surface area contributed by atoms with E-state index in [2.05, 4.69) is 11.8 Å². The molecule has 1 aromatic carbocycles. The van der Waals surface area contributed by atoms with Crippen molar-refractivity contribution >= 4 is 10.8 Å². The number of rotatable bonds is 6. The van der Waals surface area contributed by atoms with Gasteiger partial charge in [0.15, 0.2) is 0 Å². The van der Waals surface area contributed by atoms with Crippen LogP contribution < -0.4 is 0 Å². The average molecular weight is 291 g/mol. The van der Waals surface area contributed by atoms with Crippen molar-refractivity contribution in [1.29, 1.82) is 0 Å². The van der Waals surface area contributed by atoms with Gasteiger partial charge in [0.1, 0.15) is 0 Å². The van der Waals surface area contributed by atoms with Crippen LogP contribution in [-0.2, 0) is 10.8 Å². The molecular formula is C17H25NOS. The summed E-state index contributed by atoms with van der Waals surface area (Å²) >= 11 is 0. The molecule has 0 bridgehead atoms. The van der Waals surface area contributed by atoms with E-state index in [0.29, 0.717) is 0 Å². The molecule has 0 aliphatic carbocycles. The summed E-state index contributed by atoms with van der Waals surface area (Å²) in [4.78, 5) is 3.35. The molecule has 0 amide bonds. The van der Waals surface area contributed by atoms with Gasteiger partial charge in [0.25, 0.3) is 0 Å². The fourth-order valence-corrected chi connectivity index (χ4v) is 3.65. The molecule has 110 valence electrons. The molecule has 2 rings (SSSR count). The first-order valence-electron chi connectivity index (χ1n) is 7.72. The minimum Gasteiger partial charge on any atom is -0.374 e. The minimum atomic E-state index is -1.02. The van der Waals surface area contributed by atoms with Crippen molar-refractivity contribution in [1.82, 2.24) is 4.90 Å². The van der Waals surface area contributed by atoms with Crippen LogP contribution in [0.3, 0.4) is 0 Å². The standard InChI is InChI=1S/C17H25NOS/c1-2-3-10-16(18-13-8-5-9-14-18)15-20(19)17-11-6-4-7-12-17/h4,6-7,11-12,15H,2-3,5,8-10,13-14H2,1H3/b16-15+. The number of hydrogen-bond acceptors (Lipinski definition) is 2. The van der Waals surface area contributed by atoms with Crippen LogP contribution in [0.2, 0.25) is 0 Å². The number of benzene rings is 1. The third kappa shape index (κ3) is 4.48. The Morgan fingerprint density at radius 3 is 2.55 bits per heavy atom. The van der Waals surface area contributed by atoms with E-state index < -0.39 is 10.8 Å². The third-order valence-electron chi connectivity index (χ3n) is 3.77. The SMILES string of the molecule is CCCC/C(=C\S(=O)c1ccccc1)N1CCCCC1. The van der Waals surface area contributed by atoms with E-state index in [1.807, 2.05) is 35.7 Å². The monoisotopic (exact) mass is 291 g/mol. The molecule has 20 heavy (non-hydrogen) atoms. The number of likely N-dealkylation sites (tertiary alicyclic amines) is 1. The maximum Gasteiger partial charge on any atom is 0.0793 e. The Morgan fingerprint density at radius 1 is 1.20 bits per heavy atom. The van der Waals surface area contributed by atoms with Crippen molar-refractivity contribution in [2.24, 2.45) is 0 Å². The van der Waals surface area contributed by atoms with E-state index in [1.54, 1.807) is 0 Å². The quantitative estimate of drug-likeness (QED) is 0.778. The smallest absolute Gasteiger partial charge is 0.0793 e. The molecule has 0 saturated carbocycles. The molecule has 0 N–H and O–H groups in total. The Labute approximate surface area is 125 Å². The lowest BCUT2D eigenvalue weighted by Crippen LogP contribution is -2.29. The van der Waals surface area contributed by atoms with Crippen LogP contribution in [0, 0.1) is 0 Å². The van der Waals surface area contributed by atoms with Gasteiger partial charge in [-0.3, -0.25) is 0 Å². The summed E-state index contributed by atoms with van der Waals surface area (Å²) in [6.45, 7) is 4.46. The van der Waals surface area contributed by atoms with Gasteiger partial charge in [-0.2, -0.15) is 0 Å². The lowest BCUT2D eigenvalue weighted by atomic mass is 10.1. The van der Waals surface area contributed by atoms with Crippen molar-refractivity contribution in [3.63, 3.8) is 0 Å². The summed E-state index contributed by atoms with van der Waals surface area (Å²) < 4.78 is 12.5. The van der Waals surface area contributed by atoms with E-state index in [0.717, 1.165) is 24.4 Å². The van der Waals surface area contributed by atoms with Crippen LogP contribution in [0.4, 0.5) is 0 Å². The molecule has 3 heteroatoms. The van der Waals surface area contributed by atoms with Gasteiger partial charge >= 0.3 is 0 Å². The predicted octanol–water partition coefficient (Wildman–Crippen LogP) is 4.31. The number of piperidine rings is 1. The van der Waals surface area contributed by atoms with Gasteiger partial charge in [-0.05, 0) is 44.2 Å². The number of hydrogen-bond donors (Lipinski definition) is 0. The van der Waals surface area contributed by atoms with Crippen molar-refractivity contribution in [2.45, 2.75) is 50.3 Å². The molecule has 1 aromatic rings. The Bertz CT molecular complexity index is 449. The van der Waals surface area contributed by atoms with Crippen LogP contribution in [0.25, 0.3) is 0 Å². The topological polar surface area (TPSA) is 20.3 Å². The maximum absolute atomic E-state index is 12.5. The molecule has 0 aromatic heterocycles. The number of unbranched alkanes of at least 4 members (excludes halogenated alkanes) is 1. The van der Waals surface area contributed by atoms with Crippen molar-refractivity contribution in [3.8, 4) is 0 Å². The molecule has 1 aliphatic rings. The zero-order chi connectivity index (χ0) is 14.2. The molecule has 1 aliphatic heterocycles. The van der Waals surface area contributed by atoms with Gasteiger partial charge in [-0.25, -0.2) is 4.21 Å². The largest absolute Gasteiger partial charge is 0.374 e. The first-order valence-corrected chi connectivity index (χ1v) is 8.94. The van der Waals surface area contributed by atoms with Crippen LogP contribution in [0.5, 0.6) is 0 Å². The molecule has 1 heterocycles. The Morgan fingerprint density at radius 2 is 1.90 bits per heavy atom. The lowest BCUT2D eigenvalue weighted by Gasteiger charge is -2.31. The van der Waals surface area contributed by atoms with Gasteiger partial charge in [0.2, 0.25) is 0 Å². The first-order chi connectivity index (χ1) is 9.81. The zero-order valence-electron chi connectivity index (χ0n) is 12.4. The van der Waals surface area contributed by atoms with Gasteiger partial charge < -0.3 is 4.90 Å². The second kappa shape index (κ2) is 8.25. The molecule has 1 atom stereocenters. The zero-order valence-corrected chi connectivity index (χ0v) is 13.2. The fraction of sp³-hybridized carbons (Fsp3) is 0.529. The Hall–Kier alpha value is -1.09. The second-order valence-corrected chi connectivity index (χ2v) is 6.67.